The number of carbonyl (C=O) groups is 2. The Morgan fingerprint density at radius 2 is 1.94 bits per heavy atom. The molecule has 18 heavy (non-hydrogen) atoms. The van der Waals surface area contributed by atoms with Crippen LogP contribution in [-0.4, -0.2) is 41.2 Å². The van der Waals surface area contributed by atoms with Gasteiger partial charge >= 0.3 is 12.0 Å². The van der Waals surface area contributed by atoms with Crippen LogP contribution in [0, 0.1) is 0 Å². The van der Waals surface area contributed by atoms with E-state index in [9.17, 15) is 9.59 Å². The second kappa shape index (κ2) is 10.1. The van der Waals surface area contributed by atoms with Crippen LogP contribution >= 0.6 is 11.8 Å². The van der Waals surface area contributed by atoms with E-state index in [1.54, 1.807) is 11.8 Å². The van der Waals surface area contributed by atoms with Crippen molar-refractivity contribution in [2.24, 2.45) is 0 Å². The van der Waals surface area contributed by atoms with E-state index in [2.05, 4.69) is 17.6 Å². The van der Waals surface area contributed by atoms with Gasteiger partial charge < -0.3 is 15.7 Å². The SMILES string of the molecule is CCCCC(C)NC(=O)N[C@@H](CCSC)C(=O)O. The molecule has 1 unspecified atom stereocenters. The van der Waals surface area contributed by atoms with Crippen molar-refractivity contribution in [3.8, 4) is 0 Å². The first kappa shape index (κ1) is 17.1. The molecule has 0 aromatic heterocycles. The maximum Gasteiger partial charge on any atom is 0.326 e. The molecule has 5 nitrogen and oxygen atoms in total. The zero-order valence-electron chi connectivity index (χ0n) is 11.4. The van der Waals surface area contributed by atoms with Crippen LogP contribution in [0.2, 0.25) is 0 Å². The van der Waals surface area contributed by atoms with Gasteiger partial charge in [-0.3, -0.25) is 0 Å². The smallest absolute Gasteiger partial charge is 0.326 e. The first-order valence-electron chi connectivity index (χ1n) is 6.30. The summed E-state index contributed by atoms with van der Waals surface area (Å²) in [5.74, 6) is -0.275. The van der Waals surface area contributed by atoms with Crippen molar-refractivity contribution in [2.75, 3.05) is 12.0 Å². The van der Waals surface area contributed by atoms with E-state index in [1.165, 1.54) is 0 Å². The van der Waals surface area contributed by atoms with E-state index in [4.69, 9.17) is 5.11 Å². The molecule has 0 aliphatic rings. The van der Waals surface area contributed by atoms with E-state index in [-0.39, 0.29) is 6.04 Å². The summed E-state index contributed by atoms with van der Waals surface area (Å²) < 4.78 is 0. The van der Waals surface area contributed by atoms with Crippen molar-refractivity contribution < 1.29 is 14.7 Å². The highest BCUT2D eigenvalue weighted by Gasteiger charge is 2.19. The summed E-state index contributed by atoms with van der Waals surface area (Å²) in [7, 11) is 0. The summed E-state index contributed by atoms with van der Waals surface area (Å²) in [5.41, 5.74) is 0. The summed E-state index contributed by atoms with van der Waals surface area (Å²) in [4.78, 5) is 22.5. The zero-order valence-corrected chi connectivity index (χ0v) is 12.2. The molecule has 106 valence electrons. The Kier molecular flexibility index (Phi) is 9.55. The van der Waals surface area contributed by atoms with Crippen LogP contribution < -0.4 is 10.6 Å². The van der Waals surface area contributed by atoms with Gasteiger partial charge in [-0.1, -0.05) is 19.8 Å². The molecule has 0 bridgehead atoms. The van der Waals surface area contributed by atoms with Crippen molar-refractivity contribution in [3.05, 3.63) is 0 Å². The van der Waals surface area contributed by atoms with Gasteiger partial charge in [0.05, 0.1) is 0 Å². The highest BCUT2D eigenvalue weighted by Crippen LogP contribution is 2.02. The number of rotatable bonds is 9. The predicted molar refractivity (Wildman–Crippen MR) is 75.1 cm³/mol. The maximum absolute atomic E-state index is 11.6. The first-order chi connectivity index (χ1) is 8.51. The number of thioether (sulfide) groups is 1. The van der Waals surface area contributed by atoms with Gasteiger partial charge in [0, 0.05) is 6.04 Å². The lowest BCUT2D eigenvalue weighted by Crippen LogP contribution is -2.48. The number of amides is 2. The summed E-state index contributed by atoms with van der Waals surface area (Å²) in [6.07, 6.45) is 5.39. The number of carboxylic acids is 1. The Labute approximate surface area is 113 Å². The summed E-state index contributed by atoms with van der Waals surface area (Å²) in [5, 5.41) is 14.2. The zero-order chi connectivity index (χ0) is 14.0. The molecular weight excluding hydrogens is 252 g/mol. The van der Waals surface area contributed by atoms with E-state index < -0.39 is 18.0 Å². The van der Waals surface area contributed by atoms with Crippen molar-refractivity contribution >= 4 is 23.8 Å². The van der Waals surface area contributed by atoms with E-state index in [0.717, 1.165) is 19.3 Å². The minimum absolute atomic E-state index is 0.0694. The van der Waals surface area contributed by atoms with Gasteiger partial charge in [-0.2, -0.15) is 11.8 Å². The molecule has 0 saturated carbocycles. The van der Waals surface area contributed by atoms with Crippen LogP contribution in [0.4, 0.5) is 4.79 Å². The third-order valence-electron chi connectivity index (χ3n) is 2.58. The van der Waals surface area contributed by atoms with Gasteiger partial charge in [-0.05, 0) is 31.8 Å². The van der Waals surface area contributed by atoms with Crippen LogP contribution in [0.15, 0.2) is 0 Å². The molecular formula is C12H24N2O3S. The number of aliphatic carboxylic acids is 1. The van der Waals surface area contributed by atoms with Crippen LogP contribution in [0.3, 0.4) is 0 Å². The lowest BCUT2D eigenvalue weighted by molar-refractivity contribution is -0.139. The average Bonchev–Trinajstić information content (AvgIpc) is 2.31. The third-order valence-corrected chi connectivity index (χ3v) is 3.23. The molecule has 0 saturated heterocycles. The molecule has 6 heteroatoms. The Morgan fingerprint density at radius 1 is 1.28 bits per heavy atom. The highest BCUT2D eigenvalue weighted by molar-refractivity contribution is 7.98. The van der Waals surface area contributed by atoms with Gasteiger partial charge in [0.25, 0.3) is 0 Å². The van der Waals surface area contributed by atoms with Crippen molar-refractivity contribution in [1.82, 2.24) is 10.6 Å². The van der Waals surface area contributed by atoms with Crippen LogP contribution in [0.5, 0.6) is 0 Å². The molecule has 0 fully saturated rings. The van der Waals surface area contributed by atoms with Gasteiger partial charge in [0.15, 0.2) is 0 Å². The third kappa shape index (κ3) is 8.22. The number of carboxylic acid groups (broad SMARTS) is 1. The Morgan fingerprint density at radius 3 is 2.44 bits per heavy atom. The number of hydrogen-bond acceptors (Lipinski definition) is 3. The fourth-order valence-electron chi connectivity index (χ4n) is 1.50. The average molecular weight is 276 g/mol. The minimum Gasteiger partial charge on any atom is -0.480 e. The molecule has 0 aromatic rings. The molecule has 0 radical (unpaired) electrons. The van der Waals surface area contributed by atoms with E-state index >= 15 is 0 Å². The van der Waals surface area contributed by atoms with E-state index in [0.29, 0.717) is 12.2 Å². The number of nitrogens with one attached hydrogen (secondary N) is 2. The molecule has 0 heterocycles. The minimum atomic E-state index is -0.986. The lowest BCUT2D eigenvalue weighted by Gasteiger charge is -2.18. The van der Waals surface area contributed by atoms with Gasteiger partial charge in [-0.25, -0.2) is 9.59 Å². The maximum atomic E-state index is 11.6. The highest BCUT2D eigenvalue weighted by atomic mass is 32.2. The molecule has 0 aliphatic heterocycles. The van der Waals surface area contributed by atoms with Crippen molar-refractivity contribution in [2.45, 2.75) is 51.6 Å². The number of urea groups is 1. The summed E-state index contributed by atoms with van der Waals surface area (Å²) in [6.45, 7) is 4.02. The van der Waals surface area contributed by atoms with Crippen LogP contribution in [0.25, 0.3) is 0 Å². The Bertz CT molecular complexity index is 262. The van der Waals surface area contributed by atoms with Crippen LogP contribution in [-0.2, 0) is 4.79 Å². The second-order valence-corrected chi connectivity index (χ2v) is 5.32. The number of hydrogen-bond donors (Lipinski definition) is 3. The number of carbonyl (C=O) groups excluding carboxylic acids is 1. The fourth-order valence-corrected chi connectivity index (χ4v) is 1.97. The second-order valence-electron chi connectivity index (χ2n) is 4.33. The molecule has 0 aliphatic carbocycles. The molecule has 0 spiro atoms. The van der Waals surface area contributed by atoms with Gasteiger partial charge in [-0.15, -0.1) is 0 Å². The molecule has 0 rings (SSSR count). The summed E-state index contributed by atoms with van der Waals surface area (Å²) >= 11 is 1.56. The monoisotopic (exact) mass is 276 g/mol. The normalized spacial score (nSPS) is 13.7. The Balaban J connectivity index is 4.04. The molecule has 2 atom stereocenters. The Hall–Kier alpha value is -0.910. The molecule has 3 N–H and O–H groups in total. The lowest BCUT2D eigenvalue weighted by atomic mass is 10.1. The largest absolute Gasteiger partial charge is 0.480 e. The van der Waals surface area contributed by atoms with Crippen molar-refractivity contribution in [3.63, 3.8) is 0 Å². The topological polar surface area (TPSA) is 78.4 Å². The molecule has 0 aromatic carbocycles. The predicted octanol–water partition coefficient (Wildman–Crippen LogP) is 2.07. The molecule has 2 amide bonds. The fraction of sp³-hybridized carbons (Fsp3) is 0.833. The number of unbranched alkanes of at least 4 members (excludes halogenated alkanes) is 1. The quantitative estimate of drug-likeness (QED) is 0.602. The van der Waals surface area contributed by atoms with Gasteiger partial charge in [0.1, 0.15) is 6.04 Å². The van der Waals surface area contributed by atoms with Crippen molar-refractivity contribution in [1.29, 1.82) is 0 Å². The van der Waals surface area contributed by atoms with Crippen LogP contribution in [0.1, 0.15) is 39.5 Å². The summed E-state index contributed by atoms with van der Waals surface area (Å²) in [6, 6.07) is -1.14. The van der Waals surface area contributed by atoms with Gasteiger partial charge in [0.2, 0.25) is 0 Å². The standard InChI is InChI=1S/C12H24N2O3S/c1-4-5-6-9(2)13-12(17)14-10(11(15)16)7-8-18-3/h9-10H,4-8H2,1-3H3,(H,15,16)(H2,13,14,17)/t9?,10-/m0/s1. The first-order valence-corrected chi connectivity index (χ1v) is 7.69. The van der Waals surface area contributed by atoms with E-state index in [1.807, 2.05) is 13.2 Å².